The molecule has 2 heterocycles. The lowest BCUT2D eigenvalue weighted by atomic mass is 10.1. The summed E-state index contributed by atoms with van der Waals surface area (Å²) in [6.45, 7) is 6.95. The highest BCUT2D eigenvalue weighted by atomic mass is 16.5. The van der Waals surface area contributed by atoms with E-state index in [1.807, 2.05) is 32.0 Å². The zero-order valence-corrected chi connectivity index (χ0v) is 15.0. The Morgan fingerprint density at radius 3 is 2.60 bits per heavy atom. The Morgan fingerprint density at radius 1 is 1.16 bits per heavy atom. The lowest BCUT2D eigenvalue weighted by molar-refractivity contribution is 0.329. The number of hydrogen-bond donors (Lipinski definition) is 0. The molecule has 0 amide bonds. The zero-order valence-electron chi connectivity index (χ0n) is 15.0. The first kappa shape index (κ1) is 17.2. The number of aryl methyl sites for hydroxylation is 2. The van der Waals surface area contributed by atoms with Gasteiger partial charge in [0.15, 0.2) is 11.5 Å². The summed E-state index contributed by atoms with van der Waals surface area (Å²) >= 11 is 0. The predicted octanol–water partition coefficient (Wildman–Crippen LogP) is 3.97. The fraction of sp³-hybridized carbons (Fsp3) is 0.400. The third kappa shape index (κ3) is 3.92. The van der Waals surface area contributed by atoms with Crippen LogP contribution in [-0.2, 0) is 6.54 Å². The van der Waals surface area contributed by atoms with E-state index in [9.17, 15) is 5.26 Å². The summed E-state index contributed by atoms with van der Waals surface area (Å²) in [5.74, 6) is 1.56. The molecule has 0 N–H and O–H groups in total. The number of ether oxygens (including phenoxy) is 2. The van der Waals surface area contributed by atoms with E-state index in [0.29, 0.717) is 22.9 Å². The Hall–Kier alpha value is -2.58. The Kier molecular flexibility index (Phi) is 5.20. The maximum Gasteiger partial charge on any atom is 0.237 e. The molecular formula is C20H23N3O2. The van der Waals surface area contributed by atoms with Gasteiger partial charge in [-0.05, 0) is 69.1 Å². The minimum Gasteiger partial charge on any atom is -0.493 e. The van der Waals surface area contributed by atoms with Gasteiger partial charge in [0.2, 0.25) is 5.88 Å². The van der Waals surface area contributed by atoms with Crippen molar-refractivity contribution in [2.45, 2.75) is 33.2 Å². The molecule has 1 aromatic heterocycles. The maximum absolute atomic E-state index is 9.43. The molecule has 1 aliphatic heterocycles. The van der Waals surface area contributed by atoms with E-state index in [4.69, 9.17) is 9.47 Å². The number of aromatic nitrogens is 1. The maximum atomic E-state index is 9.43. The minimum absolute atomic E-state index is 0.330. The lowest BCUT2D eigenvalue weighted by Gasteiger charge is -2.17. The van der Waals surface area contributed by atoms with Gasteiger partial charge in [0.1, 0.15) is 11.6 Å². The molecule has 1 saturated heterocycles. The third-order valence-electron chi connectivity index (χ3n) is 4.46. The van der Waals surface area contributed by atoms with Gasteiger partial charge in [0, 0.05) is 12.2 Å². The van der Waals surface area contributed by atoms with E-state index in [2.05, 4.69) is 22.0 Å². The van der Waals surface area contributed by atoms with E-state index in [1.165, 1.54) is 18.4 Å². The standard InChI is InChI=1S/C20H23N3O2/c1-14-10-15(2)22-20(17(14)12-21)25-19-11-16(6-7-18(19)24-3)13-23-8-4-5-9-23/h6-7,10-11H,4-5,8-9,13H2,1-3H3. The minimum atomic E-state index is 0.330. The highest BCUT2D eigenvalue weighted by molar-refractivity contribution is 5.50. The summed E-state index contributed by atoms with van der Waals surface area (Å²) in [5, 5.41) is 9.43. The number of nitrogens with zero attached hydrogens (tertiary/aromatic N) is 3. The van der Waals surface area contributed by atoms with Gasteiger partial charge in [-0.1, -0.05) is 6.07 Å². The molecule has 5 nitrogen and oxygen atoms in total. The van der Waals surface area contributed by atoms with E-state index >= 15 is 0 Å². The summed E-state index contributed by atoms with van der Waals surface area (Å²) in [4.78, 5) is 6.83. The van der Waals surface area contributed by atoms with Crippen molar-refractivity contribution in [3.05, 3.63) is 46.6 Å². The Morgan fingerprint density at radius 2 is 1.92 bits per heavy atom. The highest BCUT2D eigenvalue weighted by Gasteiger charge is 2.16. The van der Waals surface area contributed by atoms with Crippen molar-refractivity contribution in [1.29, 1.82) is 5.26 Å². The molecule has 0 unspecified atom stereocenters. The average Bonchev–Trinajstić information content (AvgIpc) is 3.08. The zero-order chi connectivity index (χ0) is 17.8. The Labute approximate surface area is 148 Å². The van der Waals surface area contributed by atoms with Crippen LogP contribution in [0.5, 0.6) is 17.4 Å². The number of pyridine rings is 1. The van der Waals surface area contributed by atoms with Crippen molar-refractivity contribution in [1.82, 2.24) is 9.88 Å². The van der Waals surface area contributed by atoms with Crippen molar-refractivity contribution < 1.29 is 9.47 Å². The summed E-state index contributed by atoms with van der Waals surface area (Å²) in [5.41, 5.74) is 3.30. The second-order valence-electron chi connectivity index (χ2n) is 6.44. The van der Waals surface area contributed by atoms with Gasteiger partial charge >= 0.3 is 0 Å². The predicted molar refractivity (Wildman–Crippen MR) is 96.0 cm³/mol. The quantitative estimate of drug-likeness (QED) is 0.826. The van der Waals surface area contributed by atoms with Gasteiger partial charge in [-0.25, -0.2) is 4.98 Å². The molecule has 5 heteroatoms. The fourth-order valence-electron chi connectivity index (χ4n) is 3.21. The Bertz CT molecular complexity index is 805. The smallest absolute Gasteiger partial charge is 0.237 e. The molecule has 1 aromatic carbocycles. The number of nitriles is 1. The van der Waals surface area contributed by atoms with E-state index in [1.54, 1.807) is 7.11 Å². The molecule has 0 aliphatic carbocycles. The van der Waals surface area contributed by atoms with Crippen LogP contribution in [0.3, 0.4) is 0 Å². The van der Waals surface area contributed by atoms with Crippen molar-refractivity contribution in [2.75, 3.05) is 20.2 Å². The molecule has 130 valence electrons. The molecule has 0 radical (unpaired) electrons. The largest absolute Gasteiger partial charge is 0.493 e. The van der Waals surface area contributed by atoms with Crippen LogP contribution in [0.25, 0.3) is 0 Å². The van der Waals surface area contributed by atoms with Crippen molar-refractivity contribution in [2.24, 2.45) is 0 Å². The fourth-order valence-corrected chi connectivity index (χ4v) is 3.21. The van der Waals surface area contributed by atoms with Crippen LogP contribution < -0.4 is 9.47 Å². The molecule has 3 rings (SSSR count). The summed E-state index contributed by atoms with van der Waals surface area (Å²) < 4.78 is 11.4. The van der Waals surface area contributed by atoms with Crippen molar-refractivity contribution in [3.8, 4) is 23.4 Å². The van der Waals surface area contributed by atoms with Crippen LogP contribution in [0.4, 0.5) is 0 Å². The van der Waals surface area contributed by atoms with Crippen molar-refractivity contribution in [3.63, 3.8) is 0 Å². The van der Waals surface area contributed by atoms with Crippen LogP contribution >= 0.6 is 0 Å². The number of hydrogen-bond acceptors (Lipinski definition) is 5. The van der Waals surface area contributed by atoms with Gasteiger partial charge in [0.05, 0.1) is 7.11 Å². The molecule has 2 aromatic rings. The molecule has 0 atom stereocenters. The van der Waals surface area contributed by atoms with Gasteiger partial charge in [-0.15, -0.1) is 0 Å². The SMILES string of the molecule is COc1ccc(CN2CCCC2)cc1Oc1nc(C)cc(C)c1C#N. The second kappa shape index (κ2) is 7.54. The van der Waals surface area contributed by atoms with Gasteiger partial charge in [-0.3, -0.25) is 4.90 Å². The summed E-state index contributed by atoms with van der Waals surface area (Å²) in [6, 6.07) is 10.0. The number of methoxy groups -OCH3 is 1. The molecule has 1 aliphatic rings. The highest BCUT2D eigenvalue weighted by Crippen LogP contribution is 2.34. The molecule has 0 bridgehead atoms. The van der Waals surface area contributed by atoms with Crippen molar-refractivity contribution >= 4 is 0 Å². The Balaban J connectivity index is 1.92. The third-order valence-corrected chi connectivity index (χ3v) is 4.46. The van der Waals surface area contributed by atoms with E-state index in [-0.39, 0.29) is 0 Å². The monoisotopic (exact) mass is 337 g/mol. The summed E-state index contributed by atoms with van der Waals surface area (Å²) in [6.07, 6.45) is 2.52. The van der Waals surface area contributed by atoms with Crippen LogP contribution in [0.1, 0.15) is 35.2 Å². The molecular weight excluding hydrogens is 314 g/mol. The first-order valence-corrected chi connectivity index (χ1v) is 8.56. The average molecular weight is 337 g/mol. The molecule has 1 fully saturated rings. The number of rotatable bonds is 5. The van der Waals surface area contributed by atoms with E-state index < -0.39 is 0 Å². The topological polar surface area (TPSA) is 58.4 Å². The van der Waals surface area contributed by atoms with E-state index in [0.717, 1.165) is 30.9 Å². The summed E-state index contributed by atoms with van der Waals surface area (Å²) in [7, 11) is 1.61. The first-order valence-electron chi connectivity index (χ1n) is 8.56. The van der Waals surface area contributed by atoms with Crippen LogP contribution in [-0.4, -0.2) is 30.1 Å². The van der Waals surface area contributed by atoms with Gasteiger partial charge in [0.25, 0.3) is 0 Å². The number of benzene rings is 1. The van der Waals surface area contributed by atoms with Crippen LogP contribution in [0, 0.1) is 25.2 Å². The first-order chi connectivity index (χ1) is 12.1. The molecule has 25 heavy (non-hydrogen) atoms. The molecule has 0 saturated carbocycles. The van der Waals surface area contributed by atoms with Crippen LogP contribution in [0.2, 0.25) is 0 Å². The lowest BCUT2D eigenvalue weighted by Crippen LogP contribution is -2.18. The second-order valence-corrected chi connectivity index (χ2v) is 6.44. The number of likely N-dealkylation sites (tertiary alicyclic amines) is 1. The molecule has 0 spiro atoms. The van der Waals surface area contributed by atoms with Gasteiger partial charge < -0.3 is 9.47 Å². The van der Waals surface area contributed by atoms with Gasteiger partial charge in [-0.2, -0.15) is 5.26 Å². The van der Waals surface area contributed by atoms with Crippen LogP contribution in [0.15, 0.2) is 24.3 Å². The normalized spacial score (nSPS) is 14.3.